The van der Waals surface area contributed by atoms with Crippen LogP contribution >= 0.6 is 11.6 Å². The van der Waals surface area contributed by atoms with Gasteiger partial charge in [-0.05, 0) is 60.7 Å². The third kappa shape index (κ3) is 4.02. The van der Waals surface area contributed by atoms with Gasteiger partial charge in [-0.3, -0.25) is 14.5 Å². The quantitative estimate of drug-likeness (QED) is 0.770. The van der Waals surface area contributed by atoms with Crippen LogP contribution in [0.2, 0.25) is 5.02 Å². The van der Waals surface area contributed by atoms with E-state index < -0.39 is 0 Å². The fourth-order valence-corrected chi connectivity index (χ4v) is 3.29. The Morgan fingerprint density at radius 3 is 2.44 bits per heavy atom. The first-order chi connectivity index (χ1) is 12.1. The lowest BCUT2D eigenvalue weighted by Gasteiger charge is -2.19. The second-order valence-corrected chi connectivity index (χ2v) is 6.61. The number of benzene rings is 2. The summed E-state index contributed by atoms with van der Waals surface area (Å²) in [7, 11) is 1.63. The molecule has 1 aliphatic rings. The zero-order valence-corrected chi connectivity index (χ0v) is 14.8. The molecule has 0 radical (unpaired) electrons. The van der Waals surface area contributed by atoms with E-state index in [1.165, 1.54) is 4.90 Å². The first kappa shape index (κ1) is 17.5. The van der Waals surface area contributed by atoms with Crippen LogP contribution in [0.3, 0.4) is 0 Å². The summed E-state index contributed by atoms with van der Waals surface area (Å²) < 4.78 is 5.18. The van der Waals surface area contributed by atoms with Crippen LogP contribution in [0.15, 0.2) is 48.5 Å². The molecule has 0 bridgehead atoms. The number of hydrogen-bond donors (Lipinski definition) is 0. The van der Waals surface area contributed by atoms with Crippen LogP contribution in [-0.2, 0) is 4.79 Å². The maximum Gasteiger partial charge on any atom is 0.260 e. The first-order valence-electron chi connectivity index (χ1n) is 8.32. The van der Waals surface area contributed by atoms with E-state index in [1.54, 1.807) is 31.4 Å². The molecular weight excluding hydrogens is 338 g/mol. The van der Waals surface area contributed by atoms with Crippen molar-refractivity contribution >= 4 is 23.4 Å². The summed E-state index contributed by atoms with van der Waals surface area (Å²) in [5.74, 6) is 0.542. The first-order valence-corrected chi connectivity index (χ1v) is 8.70. The van der Waals surface area contributed by atoms with Gasteiger partial charge in [-0.2, -0.15) is 0 Å². The molecule has 2 aromatic rings. The van der Waals surface area contributed by atoms with Crippen molar-refractivity contribution in [2.75, 3.05) is 13.7 Å². The maximum absolute atomic E-state index is 12.7. The molecule has 1 atom stereocenters. The SMILES string of the molecule is COc1ccc([C@@H]2CCCN(C(=O)c3ccc(Cl)cc3)C(=O)C2)cc1. The van der Waals surface area contributed by atoms with E-state index in [9.17, 15) is 9.59 Å². The highest BCUT2D eigenvalue weighted by Crippen LogP contribution is 2.30. The van der Waals surface area contributed by atoms with Gasteiger partial charge in [-0.15, -0.1) is 0 Å². The molecule has 0 aromatic heterocycles. The Kier molecular flexibility index (Phi) is 5.39. The van der Waals surface area contributed by atoms with Crippen LogP contribution in [-0.4, -0.2) is 30.4 Å². The number of nitrogens with zero attached hydrogens (tertiary/aromatic N) is 1. The smallest absolute Gasteiger partial charge is 0.260 e. The summed E-state index contributed by atoms with van der Waals surface area (Å²) >= 11 is 5.86. The van der Waals surface area contributed by atoms with E-state index in [-0.39, 0.29) is 17.7 Å². The van der Waals surface area contributed by atoms with Gasteiger partial charge in [0.25, 0.3) is 5.91 Å². The minimum absolute atomic E-state index is 0.126. The number of ether oxygens (including phenoxy) is 1. The molecule has 130 valence electrons. The molecule has 4 nitrogen and oxygen atoms in total. The number of halogens is 1. The van der Waals surface area contributed by atoms with Gasteiger partial charge >= 0.3 is 0 Å². The van der Waals surface area contributed by atoms with E-state index in [0.29, 0.717) is 23.6 Å². The molecule has 1 saturated heterocycles. The summed E-state index contributed by atoms with van der Waals surface area (Å²) in [6.45, 7) is 0.451. The highest BCUT2D eigenvalue weighted by molar-refractivity contribution is 6.30. The number of carbonyl (C=O) groups excluding carboxylic acids is 2. The number of imide groups is 1. The van der Waals surface area contributed by atoms with Crippen molar-refractivity contribution in [2.45, 2.75) is 25.2 Å². The molecular formula is C20H20ClNO3. The van der Waals surface area contributed by atoms with Gasteiger partial charge < -0.3 is 4.74 Å². The lowest BCUT2D eigenvalue weighted by molar-refractivity contribution is -0.128. The van der Waals surface area contributed by atoms with E-state index in [1.807, 2.05) is 24.3 Å². The standard InChI is InChI=1S/C20H20ClNO3/c1-25-18-10-6-14(7-11-18)16-3-2-12-22(19(23)13-16)20(24)15-4-8-17(21)9-5-15/h4-11,16H,2-3,12-13H2,1H3/t16-/m1/s1. The fraction of sp³-hybridized carbons (Fsp3) is 0.300. The van der Waals surface area contributed by atoms with E-state index in [0.717, 1.165) is 24.2 Å². The zero-order valence-electron chi connectivity index (χ0n) is 14.1. The Hall–Kier alpha value is -2.33. The van der Waals surface area contributed by atoms with Crippen molar-refractivity contribution in [1.29, 1.82) is 0 Å². The van der Waals surface area contributed by atoms with Crippen LogP contribution in [0.1, 0.15) is 41.1 Å². The predicted molar refractivity (Wildman–Crippen MR) is 97.1 cm³/mol. The second kappa shape index (κ2) is 7.70. The molecule has 2 amide bonds. The number of hydrogen-bond acceptors (Lipinski definition) is 3. The minimum atomic E-state index is -0.253. The van der Waals surface area contributed by atoms with Crippen LogP contribution in [0.5, 0.6) is 5.75 Å². The van der Waals surface area contributed by atoms with Gasteiger partial charge in [0, 0.05) is 23.6 Å². The van der Waals surface area contributed by atoms with E-state index in [4.69, 9.17) is 16.3 Å². The third-order valence-electron chi connectivity index (χ3n) is 4.58. The van der Waals surface area contributed by atoms with Gasteiger partial charge in [0.05, 0.1) is 7.11 Å². The second-order valence-electron chi connectivity index (χ2n) is 6.17. The van der Waals surface area contributed by atoms with Crippen molar-refractivity contribution in [1.82, 2.24) is 4.90 Å². The molecule has 0 saturated carbocycles. The van der Waals surface area contributed by atoms with Gasteiger partial charge in [0.1, 0.15) is 5.75 Å². The molecule has 0 aliphatic carbocycles. The van der Waals surface area contributed by atoms with Crippen molar-refractivity contribution in [3.05, 3.63) is 64.7 Å². The Labute approximate surface area is 152 Å². The Morgan fingerprint density at radius 2 is 1.80 bits per heavy atom. The molecule has 1 aliphatic heterocycles. The summed E-state index contributed by atoms with van der Waals surface area (Å²) in [6, 6.07) is 14.4. The van der Waals surface area contributed by atoms with Gasteiger partial charge in [0.15, 0.2) is 0 Å². The number of rotatable bonds is 3. The zero-order chi connectivity index (χ0) is 17.8. The highest BCUT2D eigenvalue weighted by Gasteiger charge is 2.29. The van der Waals surface area contributed by atoms with Crippen LogP contribution in [0.25, 0.3) is 0 Å². The normalized spacial score (nSPS) is 17.9. The number of carbonyl (C=O) groups is 2. The predicted octanol–water partition coefficient (Wildman–Crippen LogP) is 4.29. The van der Waals surface area contributed by atoms with Crippen molar-refractivity contribution in [3.63, 3.8) is 0 Å². The van der Waals surface area contributed by atoms with Gasteiger partial charge in [-0.25, -0.2) is 0 Å². The minimum Gasteiger partial charge on any atom is -0.497 e. The fourth-order valence-electron chi connectivity index (χ4n) is 3.17. The van der Waals surface area contributed by atoms with Crippen molar-refractivity contribution in [2.24, 2.45) is 0 Å². The Balaban J connectivity index is 1.74. The van der Waals surface area contributed by atoms with E-state index >= 15 is 0 Å². The van der Waals surface area contributed by atoms with Crippen LogP contribution in [0.4, 0.5) is 0 Å². The molecule has 5 heteroatoms. The van der Waals surface area contributed by atoms with Crippen LogP contribution in [0, 0.1) is 0 Å². The van der Waals surface area contributed by atoms with Gasteiger partial charge in [-0.1, -0.05) is 23.7 Å². The topological polar surface area (TPSA) is 46.6 Å². The number of likely N-dealkylation sites (tertiary alicyclic amines) is 1. The number of methoxy groups -OCH3 is 1. The highest BCUT2D eigenvalue weighted by atomic mass is 35.5. The van der Waals surface area contributed by atoms with Crippen molar-refractivity contribution in [3.8, 4) is 5.75 Å². The molecule has 0 N–H and O–H groups in total. The summed E-state index contributed by atoms with van der Waals surface area (Å²) in [5, 5.41) is 0.568. The van der Waals surface area contributed by atoms with Gasteiger partial charge in [0.2, 0.25) is 5.91 Å². The third-order valence-corrected chi connectivity index (χ3v) is 4.83. The average Bonchev–Trinajstić information content (AvgIpc) is 2.83. The van der Waals surface area contributed by atoms with Crippen molar-refractivity contribution < 1.29 is 14.3 Å². The molecule has 1 heterocycles. The van der Waals surface area contributed by atoms with E-state index in [2.05, 4.69) is 0 Å². The molecule has 1 fully saturated rings. The molecule has 0 spiro atoms. The number of amides is 2. The Morgan fingerprint density at radius 1 is 1.12 bits per heavy atom. The lowest BCUT2D eigenvalue weighted by Crippen LogP contribution is -2.36. The average molecular weight is 358 g/mol. The van der Waals surface area contributed by atoms with Crippen LogP contribution < -0.4 is 4.74 Å². The molecule has 0 unspecified atom stereocenters. The summed E-state index contributed by atoms with van der Waals surface area (Å²) in [5.41, 5.74) is 1.59. The lowest BCUT2D eigenvalue weighted by atomic mass is 9.92. The molecule has 2 aromatic carbocycles. The Bertz CT molecular complexity index is 756. The molecule has 3 rings (SSSR count). The summed E-state index contributed by atoms with van der Waals surface area (Å²) in [6.07, 6.45) is 2.01. The summed E-state index contributed by atoms with van der Waals surface area (Å²) in [4.78, 5) is 26.7. The largest absolute Gasteiger partial charge is 0.497 e. The monoisotopic (exact) mass is 357 g/mol. The maximum atomic E-state index is 12.7. The molecule has 25 heavy (non-hydrogen) atoms.